The van der Waals surface area contributed by atoms with Crippen LogP contribution in [0.25, 0.3) is 0 Å². The molecule has 172 valence electrons. The predicted octanol–water partition coefficient (Wildman–Crippen LogP) is 3.12. The van der Waals surface area contributed by atoms with E-state index >= 15 is 0 Å². The second-order valence-electron chi connectivity index (χ2n) is 9.40. The largest absolute Gasteiger partial charge is 0.378 e. The number of Topliss-reactive ketones (excluding diaryl/α,β-unsaturated/α-hetero) is 1. The molecule has 4 rings (SSSR count). The lowest BCUT2D eigenvalue weighted by atomic mass is 9.72. The molecular weight excluding hydrogens is 426 g/mol. The van der Waals surface area contributed by atoms with Crippen LogP contribution in [-0.2, 0) is 21.2 Å². The molecule has 2 unspecified atom stereocenters. The van der Waals surface area contributed by atoms with Gasteiger partial charge in [0.15, 0.2) is 5.78 Å². The van der Waals surface area contributed by atoms with Crippen LogP contribution < -0.4 is 15.4 Å². The number of carbonyl (C=O) groups is 1. The molecule has 0 saturated carbocycles. The number of benzene rings is 2. The summed E-state index contributed by atoms with van der Waals surface area (Å²) >= 11 is 0. The van der Waals surface area contributed by atoms with Gasteiger partial charge in [-0.2, -0.15) is 0 Å². The van der Waals surface area contributed by atoms with Gasteiger partial charge < -0.3 is 15.0 Å². The number of fused-ring (bicyclic) bond motifs is 1. The molecule has 32 heavy (non-hydrogen) atoms. The number of carbonyl (C=O) groups excluding carboxylic acids is 1. The Morgan fingerprint density at radius 1 is 1.19 bits per heavy atom. The van der Waals surface area contributed by atoms with Crippen molar-refractivity contribution in [2.24, 2.45) is 10.6 Å². The first kappa shape index (κ1) is 22.8. The van der Waals surface area contributed by atoms with E-state index in [2.05, 4.69) is 48.3 Å². The minimum Gasteiger partial charge on any atom is -0.378 e. The van der Waals surface area contributed by atoms with Crippen LogP contribution in [0.2, 0.25) is 0 Å². The van der Waals surface area contributed by atoms with E-state index in [9.17, 15) is 13.2 Å². The van der Waals surface area contributed by atoms with Gasteiger partial charge >= 0.3 is 0 Å². The van der Waals surface area contributed by atoms with E-state index < -0.39 is 21.1 Å². The number of nitrogens with zero attached hydrogens (tertiary/aromatic N) is 1. The molecule has 1 fully saturated rings. The molecular formula is C24H31N3O4S. The molecule has 0 amide bonds. The van der Waals surface area contributed by atoms with Crippen molar-refractivity contribution in [3.05, 3.63) is 59.2 Å². The number of morpholine rings is 1. The molecule has 0 bridgehead atoms. The van der Waals surface area contributed by atoms with Gasteiger partial charge in [0.2, 0.25) is 10.0 Å². The summed E-state index contributed by atoms with van der Waals surface area (Å²) in [6.45, 7) is 9.01. The van der Waals surface area contributed by atoms with Crippen molar-refractivity contribution >= 4 is 27.2 Å². The molecule has 7 nitrogen and oxygen atoms in total. The zero-order chi connectivity index (χ0) is 23.1. The van der Waals surface area contributed by atoms with Crippen LogP contribution in [0.5, 0.6) is 0 Å². The lowest BCUT2D eigenvalue weighted by Gasteiger charge is -2.42. The highest BCUT2D eigenvalue weighted by atomic mass is 32.2. The predicted molar refractivity (Wildman–Crippen MR) is 127 cm³/mol. The second-order valence-corrected chi connectivity index (χ2v) is 11.3. The molecule has 8 heteroatoms. The molecule has 2 atom stereocenters. The third kappa shape index (κ3) is 4.53. The van der Waals surface area contributed by atoms with Gasteiger partial charge in [-0.15, -0.1) is 0 Å². The molecule has 2 aliphatic heterocycles. The highest BCUT2D eigenvalue weighted by molar-refractivity contribution is 7.90. The van der Waals surface area contributed by atoms with Crippen molar-refractivity contribution in [1.29, 1.82) is 0 Å². The Balaban J connectivity index is 1.61. The topological polar surface area (TPSA) is 102 Å². The molecule has 0 spiro atoms. The molecule has 2 aromatic rings. The van der Waals surface area contributed by atoms with Gasteiger partial charge in [-0.1, -0.05) is 26.0 Å². The number of nitrogens with one attached hydrogen (secondary N) is 1. The highest BCUT2D eigenvalue weighted by Crippen LogP contribution is 2.45. The van der Waals surface area contributed by atoms with Crippen molar-refractivity contribution in [3.63, 3.8) is 0 Å². The summed E-state index contributed by atoms with van der Waals surface area (Å²) in [5.41, 5.74) is 4.63. The maximum absolute atomic E-state index is 12.6. The quantitative estimate of drug-likeness (QED) is 0.669. The van der Waals surface area contributed by atoms with E-state index in [0.29, 0.717) is 5.56 Å². The van der Waals surface area contributed by atoms with Gasteiger partial charge in [0, 0.05) is 30.0 Å². The van der Waals surface area contributed by atoms with Crippen LogP contribution in [0.15, 0.2) is 42.5 Å². The number of sulfonamides is 1. The lowest BCUT2D eigenvalue weighted by Crippen LogP contribution is -2.37. The van der Waals surface area contributed by atoms with Crippen LogP contribution >= 0.6 is 0 Å². The third-order valence-electron chi connectivity index (χ3n) is 6.56. The number of primary sulfonamides is 1. The Morgan fingerprint density at radius 3 is 2.59 bits per heavy atom. The fourth-order valence-electron chi connectivity index (χ4n) is 4.62. The number of rotatable bonds is 5. The third-order valence-corrected chi connectivity index (χ3v) is 7.76. The Morgan fingerprint density at radius 2 is 1.91 bits per heavy atom. The molecule has 0 radical (unpaired) electrons. The molecule has 1 saturated heterocycles. The average molecular weight is 458 g/mol. The lowest BCUT2D eigenvalue weighted by molar-refractivity contribution is 0.0991. The summed E-state index contributed by atoms with van der Waals surface area (Å²) in [6, 6.07) is 14.1. The monoisotopic (exact) mass is 457 g/mol. The van der Waals surface area contributed by atoms with E-state index in [-0.39, 0.29) is 11.5 Å². The van der Waals surface area contributed by atoms with Crippen LogP contribution in [0.3, 0.4) is 0 Å². The number of ether oxygens (including phenoxy) is 1. The standard InChI is InChI=1S/C24H31N3O4S/c1-16(32(25,29)30)22(28)17-7-8-21-19(13-17)15-24(2,3)23(26-21)18-5-4-6-20(14-18)27-9-11-31-12-10-27/h4-8,13-14,16,23,26H,9-12,15H2,1-3H3,(H2,25,29,30). The van der Waals surface area contributed by atoms with Gasteiger partial charge in [-0.25, -0.2) is 13.6 Å². The smallest absolute Gasteiger partial charge is 0.219 e. The highest BCUT2D eigenvalue weighted by Gasteiger charge is 2.37. The molecule has 3 N–H and O–H groups in total. The first-order chi connectivity index (χ1) is 15.1. The van der Waals surface area contributed by atoms with Crippen LogP contribution in [0.4, 0.5) is 11.4 Å². The maximum atomic E-state index is 12.6. The fourth-order valence-corrected chi connectivity index (χ4v) is 5.05. The molecule has 2 heterocycles. The van der Waals surface area contributed by atoms with Crippen LogP contribution in [-0.4, -0.2) is 45.8 Å². The summed E-state index contributed by atoms with van der Waals surface area (Å²) in [4.78, 5) is 15.0. The Kier molecular flexibility index (Phi) is 6.04. The molecule has 2 aromatic carbocycles. The summed E-state index contributed by atoms with van der Waals surface area (Å²) < 4.78 is 28.7. The molecule has 2 aliphatic rings. The number of nitrogens with two attached hydrogens (primary N) is 1. The van der Waals surface area contributed by atoms with Crippen molar-refractivity contribution in [2.45, 2.75) is 38.5 Å². The van der Waals surface area contributed by atoms with E-state index in [1.807, 2.05) is 6.07 Å². The first-order valence-electron chi connectivity index (χ1n) is 10.9. The zero-order valence-electron chi connectivity index (χ0n) is 18.8. The number of hydrogen-bond donors (Lipinski definition) is 2. The first-order valence-corrected chi connectivity index (χ1v) is 12.6. The van der Waals surface area contributed by atoms with Crippen LogP contribution in [0, 0.1) is 5.41 Å². The van der Waals surface area contributed by atoms with Crippen molar-refractivity contribution in [1.82, 2.24) is 0 Å². The van der Waals surface area contributed by atoms with Crippen LogP contribution in [0.1, 0.15) is 48.3 Å². The maximum Gasteiger partial charge on any atom is 0.219 e. The van der Waals surface area contributed by atoms with Gasteiger partial charge in [-0.05, 0) is 60.2 Å². The fraction of sp³-hybridized carbons (Fsp3) is 0.458. The van der Waals surface area contributed by atoms with Crippen molar-refractivity contribution < 1.29 is 17.9 Å². The minimum atomic E-state index is -3.93. The zero-order valence-corrected chi connectivity index (χ0v) is 19.6. The second kappa shape index (κ2) is 8.50. The normalized spacial score (nSPS) is 21.4. The summed E-state index contributed by atoms with van der Waals surface area (Å²) in [5.74, 6) is -0.478. The molecule has 0 aromatic heterocycles. The van der Waals surface area contributed by atoms with Gasteiger partial charge in [0.05, 0.1) is 19.3 Å². The minimum absolute atomic E-state index is 0.0980. The van der Waals surface area contributed by atoms with Crippen molar-refractivity contribution in [2.75, 3.05) is 36.5 Å². The number of hydrogen-bond acceptors (Lipinski definition) is 6. The SMILES string of the molecule is CC(C(=O)c1ccc2c(c1)CC(C)(C)C(c1cccc(N3CCOCC3)c1)N2)S(N)(=O)=O. The van der Waals surface area contributed by atoms with Gasteiger partial charge in [-0.3, -0.25) is 4.79 Å². The van der Waals surface area contributed by atoms with E-state index in [0.717, 1.165) is 44.0 Å². The van der Waals surface area contributed by atoms with E-state index in [1.54, 1.807) is 12.1 Å². The summed E-state index contributed by atoms with van der Waals surface area (Å²) in [5, 5.41) is 7.57. The summed E-state index contributed by atoms with van der Waals surface area (Å²) in [7, 11) is -3.93. The average Bonchev–Trinajstić information content (AvgIpc) is 2.76. The Hall–Kier alpha value is -2.42. The number of ketones is 1. The van der Waals surface area contributed by atoms with E-state index in [1.165, 1.54) is 18.2 Å². The molecule has 0 aliphatic carbocycles. The van der Waals surface area contributed by atoms with Crippen molar-refractivity contribution in [3.8, 4) is 0 Å². The Bertz CT molecular complexity index is 1120. The Labute approximate surface area is 190 Å². The number of anilines is 2. The van der Waals surface area contributed by atoms with Gasteiger partial charge in [0.1, 0.15) is 5.25 Å². The van der Waals surface area contributed by atoms with E-state index in [4.69, 9.17) is 9.88 Å². The van der Waals surface area contributed by atoms with Gasteiger partial charge in [0.25, 0.3) is 0 Å². The summed E-state index contributed by atoms with van der Waals surface area (Å²) in [6.07, 6.45) is 0.757.